The second-order valence-corrected chi connectivity index (χ2v) is 9.78. The maximum Gasteiger partial charge on any atom is 0.305 e. The molecule has 0 aromatic rings. The molecule has 0 aliphatic heterocycles. The highest BCUT2D eigenvalue weighted by molar-refractivity contribution is 6.01. The zero-order valence-electron chi connectivity index (χ0n) is 16.9. The number of allylic oxidation sites excluding steroid dienone is 4. The summed E-state index contributed by atoms with van der Waals surface area (Å²) in [4.78, 5) is 23.9. The first-order valence-electron chi connectivity index (χ1n) is 10.5. The first kappa shape index (κ1) is 18.9. The van der Waals surface area contributed by atoms with Crippen LogP contribution in [0.4, 0.5) is 0 Å². The van der Waals surface area contributed by atoms with Gasteiger partial charge in [0, 0.05) is 23.2 Å². The van der Waals surface area contributed by atoms with Crippen molar-refractivity contribution in [1.82, 2.24) is 0 Å². The van der Waals surface area contributed by atoms with E-state index in [4.69, 9.17) is 4.74 Å². The summed E-state index contributed by atoms with van der Waals surface area (Å²) in [5.41, 5.74) is 0.772. The topological polar surface area (TPSA) is 63.6 Å². The molecule has 4 heteroatoms. The number of aliphatic hydroxyl groups excluding tert-OH is 1. The summed E-state index contributed by atoms with van der Waals surface area (Å²) < 4.78 is 5.90. The van der Waals surface area contributed by atoms with Crippen molar-refractivity contribution in [3.05, 3.63) is 23.8 Å². The summed E-state index contributed by atoms with van der Waals surface area (Å²) in [7, 11) is 0. The molecule has 0 amide bonds. The van der Waals surface area contributed by atoms with Gasteiger partial charge in [0.2, 0.25) is 0 Å². The minimum Gasteiger partial charge on any atom is -0.461 e. The number of rotatable bonds is 2. The number of ether oxygens (including phenoxy) is 1. The minimum atomic E-state index is -0.448. The van der Waals surface area contributed by atoms with Crippen LogP contribution in [-0.4, -0.2) is 29.1 Å². The van der Waals surface area contributed by atoms with Gasteiger partial charge in [0.25, 0.3) is 0 Å². The molecule has 0 heterocycles. The molecule has 8 atom stereocenters. The van der Waals surface area contributed by atoms with Gasteiger partial charge in [-0.2, -0.15) is 0 Å². The third-order valence-electron chi connectivity index (χ3n) is 8.27. The Morgan fingerprint density at radius 1 is 1.37 bits per heavy atom. The van der Waals surface area contributed by atoms with Gasteiger partial charge in [0.15, 0.2) is 5.78 Å². The molecule has 4 aliphatic carbocycles. The minimum absolute atomic E-state index is 0.0668. The molecular weight excluding hydrogens is 340 g/mol. The predicted octanol–water partition coefficient (Wildman–Crippen LogP) is 3.83. The molecule has 0 aromatic heterocycles. The zero-order chi connectivity index (χ0) is 19.6. The largest absolute Gasteiger partial charge is 0.461 e. The number of carbonyl (C=O) groups is 2. The summed E-state index contributed by atoms with van der Waals surface area (Å²) >= 11 is 0. The second kappa shape index (κ2) is 6.30. The van der Waals surface area contributed by atoms with Crippen LogP contribution in [0.3, 0.4) is 0 Å². The van der Waals surface area contributed by atoms with Gasteiger partial charge in [-0.25, -0.2) is 0 Å². The van der Waals surface area contributed by atoms with E-state index in [-0.39, 0.29) is 34.6 Å². The van der Waals surface area contributed by atoms with Gasteiger partial charge < -0.3 is 9.84 Å². The lowest BCUT2D eigenvalue weighted by atomic mass is 9.47. The Hall–Kier alpha value is -1.42. The van der Waals surface area contributed by atoms with Crippen LogP contribution >= 0.6 is 0 Å². The Morgan fingerprint density at radius 2 is 2.11 bits per heavy atom. The van der Waals surface area contributed by atoms with Crippen LogP contribution in [0.2, 0.25) is 0 Å². The Kier molecular flexibility index (Phi) is 4.41. The van der Waals surface area contributed by atoms with E-state index in [0.29, 0.717) is 30.6 Å². The molecule has 148 valence electrons. The maximum atomic E-state index is 12.0. The number of fused-ring (bicyclic) bond motifs is 5. The Bertz CT molecular complexity index is 722. The number of carbonyl (C=O) groups excluding carboxylic acids is 2. The first-order chi connectivity index (χ1) is 12.7. The van der Waals surface area contributed by atoms with Crippen molar-refractivity contribution >= 4 is 11.8 Å². The zero-order valence-corrected chi connectivity index (χ0v) is 16.9. The van der Waals surface area contributed by atoms with Crippen molar-refractivity contribution in [2.45, 2.75) is 72.0 Å². The average molecular weight is 373 g/mol. The van der Waals surface area contributed by atoms with Crippen molar-refractivity contribution < 1.29 is 19.4 Å². The van der Waals surface area contributed by atoms with Gasteiger partial charge in [-0.15, -0.1) is 0 Å². The van der Waals surface area contributed by atoms with Gasteiger partial charge in [0.1, 0.15) is 6.10 Å². The van der Waals surface area contributed by atoms with Crippen molar-refractivity contribution in [3.63, 3.8) is 0 Å². The quantitative estimate of drug-likeness (QED) is 0.748. The Labute approximate surface area is 162 Å². The van der Waals surface area contributed by atoms with Crippen LogP contribution in [0, 0.1) is 34.5 Å². The van der Waals surface area contributed by atoms with Crippen LogP contribution in [0.1, 0.15) is 59.8 Å². The van der Waals surface area contributed by atoms with Gasteiger partial charge in [-0.3, -0.25) is 9.59 Å². The molecule has 4 rings (SSSR count). The van der Waals surface area contributed by atoms with Crippen LogP contribution in [0.25, 0.3) is 0 Å². The van der Waals surface area contributed by atoms with Gasteiger partial charge >= 0.3 is 5.97 Å². The fourth-order valence-corrected chi connectivity index (χ4v) is 7.13. The van der Waals surface area contributed by atoms with E-state index in [1.54, 1.807) is 12.2 Å². The predicted molar refractivity (Wildman–Crippen MR) is 103 cm³/mol. The lowest BCUT2D eigenvalue weighted by Gasteiger charge is -2.58. The van der Waals surface area contributed by atoms with Crippen molar-refractivity contribution in [3.8, 4) is 0 Å². The molecule has 0 bridgehead atoms. The lowest BCUT2D eigenvalue weighted by molar-refractivity contribution is -0.170. The summed E-state index contributed by atoms with van der Waals surface area (Å²) in [6.45, 7) is 8.44. The molecular formula is C23H32O4. The third kappa shape index (κ3) is 2.66. The van der Waals surface area contributed by atoms with E-state index in [1.807, 2.05) is 13.0 Å². The van der Waals surface area contributed by atoms with Gasteiger partial charge in [0.05, 0.1) is 6.10 Å². The summed E-state index contributed by atoms with van der Waals surface area (Å²) in [6, 6.07) is 0. The summed E-state index contributed by atoms with van der Waals surface area (Å²) in [6.07, 6.45) is 8.97. The molecule has 0 radical (unpaired) electrons. The number of hydrogen-bond donors (Lipinski definition) is 1. The van der Waals surface area contributed by atoms with Crippen molar-refractivity contribution in [1.29, 1.82) is 0 Å². The lowest BCUT2D eigenvalue weighted by Crippen LogP contribution is -2.57. The van der Waals surface area contributed by atoms with Crippen molar-refractivity contribution in [2.75, 3.05) is 0 Å². The molecule has 4 nitrogen and oxygen atoms in total. The molecule has 4 aliphatic rings. The van der Waals surface area contributed by atoms with Crippen molar-refractivity contribution in [2.24, 2.45) is 34.5 Å². The van der Waals surface area contributed by atoms with E-state index in [1.165, 1.54) is 5.57 Å². The van der Waals surface area contributed by atoms with E-state index in [2.05, 4.69) is 20.8 Å². The molecule has 3 fully saturated rings. The first-order valence-corrected chi connectivity index (χ1v) is 10.5. The fraction of sp³-hybridized carbons (Fsp3) is 0.739. The maximum absolute atomic E-state index is 12.0. The highest BCUT2D eigenvalue weighted by Gasteiger charge is 2.64. The highest BCUT2D eigenvalue weighted by Crippen LogP contribution is 2.65. The van der Waals surface area contributed by atoms with E-state index in [0.717, 1.165) is 19.3 Å². The fourth-order valence-electron chi connectivity index (χ4n) is 7.13. The Morgan fingerprint density at radius 3 is 2.81 bits per heavy atom. The monoisotopic (exact) mass is 372 g/mol. The number of hydrogen-bond acceptors (Lipinski definition) is 4. The third-order valence-corrected chi connectivity index (χ3v) is 8.27. The highest BCUT2D eigenvalue weighted by atomic mass is 16.5. The summed E-state index contributed by atoms with van der Waals surface area (Å²) in [5.74, 6) is 1.21. The molecule has 1 N–H and O–H groups in total. The van der Waals surface area contributed by atoms with Crippen LogP contribution in [0.15, 0.2) is 23.8 Å². The van der Waals surface area contributed by atoms with Crippen LogP contribution < -0.4 is 0 Å². The SMILES string of the molecule is CCC(=O)O[C@@H]1C(C)CC2C3CCC4=CC(=O)C=CC4(C)C3C(O)CC21C. The number of esters is 1. The van der Waals surface area contributed by atoms with E-state index >= 15 is 0 Å². The standard InChI is InChI=1S/C23H32O4/c1-5-19(26)27-21-13(2)10-17-16-7-6-14-11-15(24)8-9-22(14,3)20(16)18(25)12-23(17,21)4/h8-9,11,13,16-18,20-21,25H,5-7,10,12H2,1-4H3/t13?,16?,17?,18?,20?,21-,22?,23?/m1/s1. The summed E-state index contributed by atoms with van der Waals surface area (Å²) in [5, 5.41) is 11.3. The van der Waals surface area contributed by atoms with Gasteiger partial charge in [-0.1, -0.05) is 39.3 Å². The number of aliphatic hydroxyl groups is 1. The Balaban J connectivity index is 1.69. The molecule has 3 saturated carbocycles. The van der Waals surface area contributed by atoms with Crippen LogP contribution in [-0.2, 0) is 14.3 Å². The van der Waals surface area contributed by atoms with Gasteiger partial charge in [-0.05, 0) is 55.6 Å². The molecule has 0 saturated heterocycles. The van der Waals surface area contributed by atoms with E-state index < -0.39 is 6.10 Å². The molecule has 0 spiro atoms. The average Bonchev–Trinajstić information content (AvgIpc) is 2.86. The smallest absolute Gasteiger partial charge is 0.305 e. The number of ketones is 1. The van der Waals surface area contributed by atoms with Crippen LogP contribution in [0.5, 0.6) is 0 Å². The molecule has 0 aromatic carbocycles. The second-order valence-electron chi connectivity index (χ2n) is 9.78. The van der Waals surface area contributed by atoms with E-state index in [9.17, 15) is 14.7 Å². The normalized spacial score (nSPS) is 48.3. The molecule has 27 heavy (non-hydrogen) atoms. The molecule has 7 unspecified atom stereocenters.